The highest BCUT2D eigenvalue weighted by molar-refractivity contribution is 6.00. The maximum atomic E-state index is 12.9. The molecule has 3 heterocycles. The normalized spacial score (nSPS) is 19.2. The third kappa shape index (κ3) is 4.23. The molecule has 7 heteroatoms. The van der Waals surface area contributed by atoms with Gasteiger partial charge in [-0.3, -0.25) is 9.59 Å². The summed E-state index contributed by atoms with van der Waals surface area (Å²) in [4.78, 5) is 34.0. The van der Waals surface area contributed by atoms with Crippen LogP contribution >= 0.6 is 0 Å². The molecule has 26 heavy (non-hydrogen) atoms. The summed E-state index contributed by atoms with van der Waals surface area (Å²) in [5.74, 6) is 0.589. The van der Waals surface area contributed by atoms with Crippen molar-refractivity contribution < 1.29 is 9.59 Å². The van der Waals surface area contributed by atoms with Gasteiger partial charge in [0.25, 0.3) is 0 Å². The molecule has 1 saturated heterocycles. The Balaban J connectivity index is 1.70. The van der Waals surface area contributed by atoms with Crippen LogP contribution in [0.3, 0.4) is 0 Å². The minimum atomic E-state index is -0.792. The second-order valence-electron chi connectivity index (χ2n) is 6.71. The van der Waals surface area contributed by atoms with Gasteiger partial charge in [-0.15, -0.1) is 0 Å². The Bertz CT molecular complexity index is 815. The number of anilines is 2. The number of hydrogen-bond acceptors (Lipinski definition) is 5. The molecule has 1 unspecified atom stereocenters. The van der Waals surface area contributed by atoms with E-state index in [9.17, 15) is 9.59 Å². The maximum absolute atomic E-state index is 12.9. The van der Waals surface area contributed by atoms with Crippen LogP contribution in [0.4, 0.5) is 11.6 Å². The van der Waals surface area contributed by atoms with E-state index in [0.29, 0.717) is 31.1 Å². The highest BCUT2D eigenvalue weighted by atomic mass is 16.2. The van der Waals surface area contributed by atoms with Gasteiger partial charge in [-0.2, -0.15) is 0 Å². The average molecular weight is 353 g/mol. The van der Waals surface area contributed by atoms with E-state index in [0.717, 1.165) is 11.4 Å². The maximum Gasteiger partial charge on any atom is 0.233 e. The Hall–Kier alpha value is -2.80. The molecular weight excluding hydrogens is 330 g/mol. The topological polar surface area (TPSA) is 96.0 Å². The monoisotopic (exact) mass is 353 g/mol. The SMILES string of the molecule is Cc1cccc(NC(=O)CC2(C(=O)Nc3cccc(C)n3)CCNC2)n1. The smallest absolute Gasteiger partial charge is 0.233 e. The quantitative estimate of drug-likeness (QED) is 0.764. The van der Waals surface area contributed by atoms with Crippen molar-refractivity contribution in [1.29, 1.82) is 0 Å². The Morgan fingerprint density at radius 1 is 1.04 bits per heavy atom. The summed E-state index contributed by atoms with van der Waals surface area (Å²) >= 11 is 0. The second-order valence-corrected chi connectivity index (χ2v) is 6.71. The first kappa shape index (κ1) is 18.0. The van der Waals surface area contributed by atoms with Crippen LogP contribution in [0.5, 0.6) is 0 Å². The Kier molecular flexibility index (Phi) is 5.27. The van der Waals surface area contributed by atoms with Crippen molar-refractivity contribution in [3.8, 4) is 0 Å². The molecular formula is C19H23N5O2. The molecule has 3 rings (SSSR count). The van der Waals surface area contributed by atoms with Crippen molar-refractivity contribution in [2.75, 3.05) is 23.7 Å². The molecule has 2 aromatic rings. The second kappa shape index (κ2) is 7.61. The molecule has 0 aromatic carbocycles. The zero-order valence-corrected chi connectivity index (χ0v) is 15.0. The molecule has 1 aliphatic heterocycles. The van der Waals surface area contributed by atoms with Gasteiger partial charge in [-0.25, -0.2) is 9.97 Å². The van der Waals surface area contributed by atoms with Gasteiger partial charge in [0.15, 0.2) is 0 Å². The van der Waals surface area contributed by atoms with Gasteiger partial charge in [-0.05, 0) is 51.1 Å². The summed E-state index contributed by atoms with van der Waals surface area (Å²) in [6.07, 6.45) is 0.687. The van der Waals surface area contributed by atoms with Gasteiger partial charge in [-0.1, -0.05) is 12.1 Å². The lowest BCUT2D eigenvalue weighted by Crippen LogP contribution is -2.41. The molecule has 136 valence electrons. The van der Waals surface area contributed by atoms with E-state index in [-0.39, 0.29) is 18.2 Å². The molecule has 0 radical (unpaired) electrons. The highest BCUT2D eigenvalue weighted by Gasteiger charge is 2.43. The van der Waals surface area contributed by atoms with Crippen molar-refractivity contribution in [3.63, 3.8) is 0 Å². The summed E-state index contributed by atoms with van der Waals surface area (Å²) in [6.45, 7) is 4.88. The van der Waals surface area contributed by atoms with Crippen molar-refractivity contribution in [3.05, 3.63) is 47.8 Å². The number of nitrogens with zero attached hydrogens (tertiary/aromatic N) is 2. The number of rotatable bonds is 5. The molecule has 1 aliphatic rings. The standard InChI is InChI=1S/C19H23N5O2/c1-13-5-3-7-15(21-13)23-17(25)11-19(9-10-20-12-19)18(26)24-16-8-4-6-14(2)22-16/h3-8,20H,9-12H2,1-2H3,(H,21,23,25)(H,22,24,26). The van der Waals surface area contributed by atoms with Crippen molar-refractivity contribution in [1.82, 2.24) is 15.3 Å². The molecule has 0 bridgehead atoms. The lowest BCUT2D eigenvalue weighted by atomic mass is 9.82. The van der Waals surface area contributed by atoms with E-state index >= 15 is 0 Å². The van der Waals surface area contributed by atoms with Gasteiger partial charge in [0.1, 0.15) is 11.6 Å². The van der Waals surface area contributed by atoms with Crippen molar-refractivity contribution in [2.24, 2.45) is 5.41 Å². The summed E-state index contributed by atoms with van der Waals surface area (Å²) in [5.41, 5.74) is 0.854. The molecule has 7 nitrogen and oxygen atoms in total. The number of nitrogens with one attached hydrogen (secondary N) is 3. The zero-order chi connectivity index (χ0) is 18.6. The summed E-state index contributed by atoms with van der Waals surface area (Å²) in [5, 5.41) is 8.84. The predicted octanol–water partition coefficient (Wildman–Crippen LogP) is 2.04. The van der Waals surface area contributed by atoms with Crippen LogP contribution in [0.1, 0.15) is 24.2 Å². The van der Waals surface area contributed by atoms with E-state index in [1.807, 2.05) is 38.1 Å². The fourth-order valence-corrected chi connectivity index (χ4v) is 3.14. The Labute approximate surface area is 152 Å². The van der Waals surface area contributed by atoms with Crippen molar-refractivity contribution in [2.45, 2.75) is 26.7 Å². The summed E-state index contributed by atoms with van der Waals surface area (Å²) in [6, 6.07) is 10.9. The van der Waals surface area contributed by atoms with Crippen LogP contribution in [0, 0.1) is 19.3 Å². The lowest BCUT2D eigenvalue weighted by molar-refractivity contribution is -0.129. The number of aryl methyl sites for hydroxylation is 2. The Morgan fingerprint density at radius 3 is 2.19 bits per heavy atom. The fourth-order valence-electron chi connectivity index (χ4n) is 3.14. The zero-order valence-electron chi connectivity index (χ0n) is 15.0. The van der Waals surface area contributed by atoms with Gasteiger partial charge >= 0.3 is 0 Å². The number of hydrogen-bond donors (Lipinski definition) is 3. The van der Waals surface area contributed by atoms with Crippen LogP contribution < -0.4 is 16.0 Å². The van der Waals surface area contributed by atoms with Crippen LogP contribution in [-0.4, -0.2) is 34.9 Å². The largest absolute Gasteiger partial charge is 0.316 e. The van der Waals surface area contributed by atoms with E-state index in [1.54, 1.807) is 12.1 Å². The minimum Gasteiger partial charge on any atom is -0.316 e. The van der Waals surface area contributed by atoms with E-state index in [4.69, 9.17) is 0 Å². The number of carbonyl (C=O) groups excluding carboxylic acids is 2. The van der Waals surface area contributed by atoms with E-state index in [2.05, 4.69) is 25.9 Å². The first-order valence-electron chi connectivity index (χ1n) is 8.66. The molecule has 0 aliphatic carbocycles. The van der Waals surface area contributed by atoms with E-state index < -0.39 is 5.41 Å². The number of pyridine rings is 2. The molecule has 0 spiro atoms. The number of amides is 2. The first-order valence-corrected chi connectivity index (χ1v) is 8.66. The number of aromatic nitrogens is 2. The van der Waals surface area contributed by atoms with Crippen LogP contribution in [0.15, 0.2) is 36.4 Å². The third-order valence-corrected chi connectivity index (χ3v) is 4.51. The number of carbonyl (C=O) groups is 2. The first-order chi connectivity index (χ1) is 12.5. The molecule has 1 atom stereocenters. The van der Waals surface area contributed by atoms with Crippen LogP contribution in [0.2, 0.25) is 0 Å². The minimum absolute atomic E-state index is 0.0905. The molecule has 0 saturated carbocycles. The van der Waals surface area contributed by atoms with Crippen molar-refractivity contribution >= 4 is 23.5 Å². The fraction of sp³-hybridized carbons (Fsp3) is 0.368. The lowest BCUT2D eigenvalue weighted by Gasteiger charge is -2.26. The van der Waals surface area contributed by atoms with Crippen LogP contribution in [-0.2, 0) is 9.59 Å². The molecule has 2 amide bonds. The van der Waals surface area contributed by atoms with Gasteiger partial charge < -0.3 is 16.0 Å². The average Bonchev–Trinajstić information content (AvgIpc) is 3.04. The summed E-state index contributed by atoms with van der Waals surface area (Å²) < 4.78 is 0. The Morgan fingerprint density at radius 2 is 1.65 bits per heavy atom. The molecule has 3 N–H and O–H groups in total. The van der Waals surface area contributed by atoms with Crippen LogP contribution in [0.25, 0.3) is 0 Å². The molecule has 2 aromatic heterocycles. The van der Waals surface area contributed by atoms with Gasteiger partial charge in [0, 0.05) is 24.4 Å². The molecule has 1 fully saturated rings. The highest BCUT2D eigenvalue weighted by Crippen LogP contribution is 2.31. The van der Waals surface area contributed by atoms with Gasteiger partial charge in [0.2, 0.25) is 11.8 Å². The van der Waals surface area contributed by atoms with E-state index in [1.165, 1.54) is 0 Å². The third-order valence-electron chi connectivity index (χ3n) is 4.51. The summed E-state index contributed by atoms with van der Waals surface area (Å²) in [7, 11) is 0. The van der Waals surface area contributed by atoms with Gasteiger partial charge in [0.05, 0.1) is 5.41 Å². The predicted molar refractivity (Wildman–Crippen MR) is 99.7 cm³/mol.